The van der Waals surface area contributed by atoms with E-state index >= 15 is 0 Å². The maximum absolute atomic E-state index is 12.6. The fourth-order valence-electron chi connectivity index (χ4n) is 4.01. The lowest BCUT2D eigenvalue weighted by Gasteiger charge is -2.39. The summed E-state index contributed by atoms with van der Waals surface area (Å²) in [6, 6.07) is 8.63. The lowest BCUT2D eigenvalue weighted by molar-refractivity contribution is -0.0363. The average Bonchev–Trinajstić information content (AvgIpc) is 3.16. The number of likely N-dealkylation sites (N-methyl/N-ethyl adjacent to an activating group) is 1. The summed E-state index contributed by atoms with van der Waals surface area (Å²) in [7, 11) is 1.73. The number of amides is 2. The predicted molar refractivity (Wildman–Crippen MR) is 87.0 cm³/mol. The molecule has 1 saturated carbocycles. The number of benzene rings is 1. The van der Waals surface area contributed by atoms with Crippen LogP contribution in [-0.4, -0.2) is 52.1 Å². The normalized spacial score (nSPS) is 28.7. The quantitative estimate of drug-likeness (QED) is 0.868. The zero-order chi connectivity index (χ0) is 16.6. The first-order valence-corrected chi connectivity index (χ1v) is 8.27. The van der Waals surface area contributed by atoms with Crippen LogP contribution in [0.15, 0.2) is 30.3 Å². The molecule has 0 radical (unpaired) electrons. The van der Waals surface area contributed by atoms with Crippen molar-refractivity contribution in [2.45, 2.75) is 44.4 Å². The van der Waals surface area contributed by atoms with Crippen LogP contribution in [0.3, 0.4) is 0 Å². The number of carbonyl (C=O) groups excluding carboxylic acids is 2. The number of aliphatic hydroxyl groups excluding tert-OH is 1. The summed E-state index contributed by atoms with van der Waals surface area (Å²) < 4.78 is 0. The zero-order valence-electron chi connectivity index (χ0n) is 13.7. The van der Waals surface area contributed by atoms with Crippen molar-refractivity contribution in [1.29, 1.82) is 0 Å². The number of Topliss-reactive ketones (excluding diaryl/α,β-unsaturated/α-hetero) is 1. The minimum absolute atomic E-state index is 0.0866. The highest BCUT2D eigenvalue weighted by molar-refractivity contribution is 5.99. The fraction of sp³-hybridized carbons (Fsp3) is 0.556. The van der Waals surface area contributed by atoms with Gasteiger partial charge in [0.25, 0.3) is 0 Å². The molecule has 0 bridgehead atoms. The highest BCUT2D eigenvalue weighted by Gasteiger charge is 2.56. The molecule has 1 aliphatic carbocycles. The molecular formula is C18H24N2O3. The SMILES string of the molecule is CN1C(=O)N(CC(=O)c2ccccc2)C(O)C1(C)C1CCCC1. The first-order chi connectivity index (χ1) is 11.0. The van der Waals surface area contributed by atoms with Crippen molar-refractivity contribution >= 4 is 11.8 Å². The molecule has 3 rings (SSSR count). The summed E-state index contributed by atoms with van der Waals surface area (Å²) in [6.07, 6.45) is 3.36. The van der Waals surface area contributed by atoms with Crippen LogP contribution in [0.1, 0.15) is 43.0 Å². The second kappa shape index (κ2) is 5.96. The lowest BCUT2D eigenvalue weighted by atomic mass is 9.82. The van der Waals surface area contributed by atoms with Crippen molar-refractivity contribution in [3.05, 3.63) is 35.9 Å². The van der Waals surface area contributed by atoms with Crippen molar-refractivity contribution < 1.29 is 14.7 Å². The average molecular weight is 316 g/mol. The maximum Gasteiger partial charge on any atom is 0.322 e. The van der Waals surface area contributed by atoms with Gasteiger partial charge in [0.2, 0.25) is 0 Å². The van der Waals surface area contributed by atoms with E-state index in [-0.39, 0.29) is 24.3 Å². The Kier molecular flexibility index (Phi) is 4.15. The van der Waals surface area contributed by atoms with Gasteiger partial charge in [-0.2, -0.15) is 0 Å². The van der Waals surface area contributed by atoms with E-state index < -0.39 is 11.8 Å². The summed E-state index contributed by atoms with van der Waals surface area (Å²) >= 11 is 0. The molecule has 2 aliphatic rings. The van der Waals surface area contributed by atoms with Crippen LogP contribution in [0, 0.1) is 5.92 Å². The van der Waals surface area contributed by atoms with Gasteiger partial charge in [-0.05, 0) is 25.7 Å². The number of hydrogen-bond donors (Lipinski definition) is 1. The summed E-state index contributed by atoms with van der Waals surface area (Å²) in [4.78, 5) is 27.9. The van der Waals surface area contributed by atoms with Crippen LogP contribution in [-0.2, 0) is 0 Å². The summed E-state index contributed by atoms with van der Waals surface area (Å²) in [5.74, 6) is 0.130. The number of rotatable bonds is 4. The molecular weight excluding hydrogens is 292 g/mol. The molecule has 0 spiro atoms. The first-order valence-electron chi connectivity index (χ1n) is 8.27. The third-order valence-corrected chi connectivity index (χ3v) is 5.66. The van der Waals surface area contributed by atoms with Crippen LogP contribution in [0.2, 0.25) is 0 Å². The molecule has 2 fully saturated rings. The van der Waals surface area contributed by atoms with Crippen LogP contribution in [0.4, 0.5) is 4.79 Å². The molecule has 2 atom stereocenters. The van der Waals surface area contributed by atoms with Gasteiger partial charge in [0.15, 0.2) is 12.0 Å². The van der Waals surface area contributed by atoms with Crippen molar-refractivity contribution in [3.8, 4) is 0 Å². The zero-order valence-corrected chi connectivity index (χ0v) is 13.7. The Balaban J connectivity index is 1.80. The van der Waals surface area contributed by atoms with E-state index in [1.54, 1.807) is 36.2 Å². The number of hydrogen-bond acceptors (Lipinski definition) is 3. The van der Waals surface area contributed by atoms with E-state index in [1.807, 2.05) is 13.0 Å². The molecule has 0 aromatic heterocycles. The van der Waals surface area contributed by atoms with Crippen LogP contribution < -0.4 is 0 Å². The third-order valence-electron chi connectivity index (χ3n) is 5.66. The Morgan fingerprint density at radius 3 is 2.48 bits per heavy atom. The smallest absolute Gasteiger partial charge is 0.322 e. The molecule has 1 heterocycles. The molecule has 1 aliphatic heterocycles. The highest BCUT2D eigenvalue weighted by atomic mass is 16.3. The highest BCUT2D eigenvalue weighted by Crippen LogP contribution is 2.43. The number of urea groups is 1. The standard InChI is InChI=1S/C18H24N2O3/c1-18(14-10-6-7-11-14)16(22)20(17(23)19(18)2)12-15(21)13-8-4-3-5-9-13/h3-5,8-9,14,16,22H,6-7,10-12H2,1-2H3. The largest absolute Gasteiger partial charge is 0.371 e. The molecule has 2 unspecified atom stereocenters. The van der Waals surface area contributed by atoms with Crippen molar-refractivity contribution in [2.75, 3.05) is 13.6 Å². The Labute approximate surface area is 136 Å². The van der Waals surface area contributed by atoms with E-state index in [0.29, 0.717) is 5.56 Å². The Morgan fingerprint density at radius 2 is 1.87 bits per heavy atom. The molecule has 1 N–H and O–H groups in total. The van der Waals surface area contributed by atoms with Crippen molar-refractivity contribution in [2.24, 2.45) is 5.92 Å². The van der Waals surface area contributed by atoms with Gasteiger partial charge < -0.3 is 10.0 Å². The van der Waals surface area contributed by atoms with E-state index in [1.165, 1.54) is 4.90 Å². The van der Waals surface area contributed by atoms with Crippen LogP contribution in [0.25, 0.3) is 0 Å². The maximum atomic E-state index is 12.6. The van der Waals surface area contributed by atoms with Crippen molar-refractivity contribution in [1.82, 2.24) is 9.80 Å². The summed E-state index contributed by atoms with van der Waals surface area (Å²) in [5, 5.41) is 10.8. The number of aliphatic hydroxyl groups is 1. The topological polar surface area (TPSA) is 60.9 Å². The third kappa shape index (κ3) is 2.53. The van der Waals surface area contributed by atoms with Gasteiger partial charge in [-0.3, -0.25) is 9.69 Å². The predicted octanol–water partition coefficient (Wildman–Crippen LogP) is 2.50. The van der Waals surface area contributed by atoms with E-state index in [9.17, 15) is 14.7 Å². The summed E-state index contributed by atoms with van der Waals surface area (Å²) in [6.45, 7) is 1.86. The molecule has 23 heavy (non-hydrogen) atoms. The van der Waals surface area contributed by atoms with E-state index in [4.69, 9.17) is 0 Å². The Morgan fingerprint density at radius 1 is 1.26 bits per heavy atom. The molecule has 1 aromatic rings. The van der Waals surface area contributed by atoms with Gasteiger partial charge in [-0.25, -0.2) is 4.79 Å². The molecule has 1 aromatic carbocycles. The van der Waals surface area contributed by atoms with Gasteiger partial charge in [-0.15, -0.1) is 0 Å². The van der Waals surface area contributed by atoms with Gasteiger partial charge >= 0.3 is 6.03 Å². The second-order valence-electron chi connectivity index (χ2n) is 6.84. The lowest BCUT2D eigenvalue weighted by Crippen LogP contribution is -2.53. The van der Waals surface area contributed by atoms with Crippen molar-refractivity contribution in [3.63, 3.8) is 0 Å². The van der Waals surface area contributed by atoms with Gasteiger partial charge in [0.1, 0.15) is 0 Å². The van der Waals surface area contributed by atoms with Gasteiger partial charge in [0, 0.05) is 12.6 Å². The van der Waals surface area contributed by atoms with E-state index in [0.717, 1.165) is 25.7 Å². The van der Waals surface area contributed by atoms with E-state index in [2.05, 4.69) is 0 Å². The van der Waals surface area contributed by atoms with Gasteiger partial charge in [-0.1, -0.05) is 43.2 Å². The number of carbonyl (C=O) groups is 2. The number of nitrogens with zero attached hydrogens (tertiary/aromatic N) is 2. The molecule has 2 amide bonds. The molecule has 5 nitrogen and oxygen atoms in total. The first kappa shape index (κ1) is 16.0. The molecule has 1 saturated heterocycles. The molecule has 124 valence electrons. The fourth-order valence-corrected chi connectivity index (χ4v) is 4.01. The van der Waals surface area contributed by atoms with Crippen LogP contribution >= 0.6 is 0 Å². The Hall–Kier alpha value is -1.88. The molecule has 5 heteroatoms. The monoisotopic (exact) mass is 316 g/mol. The Bertz CT molecular complexity index is 598. The number of ketones is 1. The van der Waals surface area contributed by atoms with Gasteiger partial charge in [0.05, 0.1) is 12.1 Å². The van der Waals surface area contributed by atoms with Crippen LogP contribution in [0.5, 0.6) is 0 Å². The summed E-state index contributed by atoms with van der Waals surface area (Å²) in [5.41, 5.74) is -0.0606. The minimum atomic E-state index is -0.948. The minimum Gasteiger partial charge on any atom is -0.371 e. The second-order valence-corrected chi connectivity index (χ2v) is 6.84.